The molecule has 2 aliphatic heterocycles. The van der Waals surface area contributed by atoms with Crippen molar-refractivity contribution in [1.29, 1.82) is 0 Å². The highest BCUT2D eigenvalue weighted by Crippen LogP contribution is 2.50. The number of esters is 1. The van der Waals surface area contributed by atoms with Crippen LogP contribution < -0.4 is 10.1 Å². The second kappa shape index (κ2) is 7.31. The van der Waals surface area contributed by atoms with Crippen LogP contribution in [0, 0.1) is 11.8 Å². The average molecular weight is 374 g/mol. The Morgan fingerprint density at radius 2 is 1.81 bits per heavy atom. The van der Waals surface area contributed by atoms with E-state index in [1.165, 1.54) is 4.90 Å². The van der Waals surface area contributed by atoms with Gasteiger partial charge in [-0.15, -0.1) is 0 Å². The van der Waals surface area contributed by atoms with Crippen molar-refractivity contribution < 1.29 is 23.9 Å². The highest BCUT2D eigenvalue weighted by molar-refractivity contribution is 6.09. The maximum absolute atomic E-state index is 13.0. The van der Waals surface area contributed by atoms with E-state index in [2.05, 4.69) is 5.32 Å². The molecule has 2 fully saturated rings. The third-order valence-electron chi connectivity index (χ3n) is 5.73. The van der Waals surface area contributed by atoms with Crippen LogP contribution in [0.5, 0.6) is 5.75 Å². The van der Waals surface area contributed by atoms with Crippen LogP contribution >= 0.6 is 0 Å². The van der Waals surface area contributed by atoms with Crippen LogP contribution in [0.4, 0.5) is 0 Å². The van der Waals surface area contributed by atoms with Crippen molar-refractivity contribution in [3.8, 4) is 5.75 Å². The number of ether oxygens (including phenoxy) is 2. The lowest BCUT2D eigenvalue weighted by Crippen LogP contribution is -2.56. The molecule has 1 aromatic carbocycles. The minimum atomic E-state index is -1.21. The molecule has 146 valence electrons. The summed E-state index contributed by atoms with van der Waals surface area (Å²) >= 11 is 0. The van der Waals surface area contributed by atoms with E-state index in [1.54, 1.807) is 33.1 Å². The maximum Gasteiger partial charge on any atom is 0.327 e. The van der Waals surface area contributed by atoms with Crippen LogP contribution in [-0.2, 0) is 19.1 Å². The third kappa shape index (κ3) is 2.81. The summed E-state index contributed by atoms with van der Waals surface area (Å²) in [7, 11) is 1.58. The predicted molar refractivity (Wildman–Crippen MR) is 97.9 cm³/mol. The van der Waals surface area contributed by atoms with Crippen molar-refractivity contribution in [1.82, 2.24) is 10.2 Å². The number of nitrogens with zero attached hydrogens (tertiary/aromatic N) is 1. The number of hydrogen-bond acceptors (Lipinski definition) is 6. The van der Waals surface area contributed by atoms with E-state index in [4.69, 9.17) is 9.47 Å². The minimum Gasteiger partial charge on any atom is -0.497 e. The lowest BCUT2D eigenvalue weighted by Gasteiger charge is -2.31. The molecule has 2 amide bonds. The molecular formula is C20H26N2O5. The number of amides is 2. The van der Waals surface area contributed by atoms with Crippen LogP contribution in [0.25, 0.3) is 0 Å². The summed E-state index contributed by atoms with van der Waals surface area (Å²) in [6, 6.07) is 6.88. The quantitative estimate of drug-likeness (QED) is 0.602. The molecule has 2 saturated heterocycles. The van der Waals surface area contributed by atoms with Gasteiger partial charge in [-0.2, -0.15) is 0 Å². The molecule has 1 aromatic rings. The Bertz CT molecular complexity index is 747. The molecule has 3 rings (SSSR count). The largest absolute Gasteiger partial charge is 0.497 e. The molecule has 4 atom stereocenters. The Morgan fingerprint density at radius 3 is 2.33 bits per heavy atom. The molecule has 0 bridgehead atoms. The lowest BCUT2D eigenvalue weighted by molar-refractivity contribution is -0.156. The van der Waals surface area contributed by atoms with Gasteiger partial charge in [0.25, 0.3) is 0 Å². The molecule has 2 aliphatic rings. The average Bonchev–Trinajstić information content (AvgIpc) is 3.16. The van der Waals surface area contributed by atoms with E-state index in [1.807, 2.05) is 19.1 Å². The van der Waals surface area contributed by atoms with Gasteiger partial charge in [0, 0.05) is 12.6 Å². The number of fused-ring (bicyclic) bond motifs is 1. The molecule has 0 saturated carbocycles. The zero-order valence-corrected chi connectivity index (χ0v) is 16.2. The first kappa shape index (κ1) is 19.4. The molecular weight excluding hydrogens is 348 g/mol. The van der Waals surface area contributed by atoms with Gasteiger partial charge in [-0.3, -0.25) is 24.6 Å². The number of hydrogen-bond donors (Lipinski definition) is 1. The SMILES string of the molecule is CCOC(=O)[C@]1(CC)N[C@H](c2ccc(OC)cc2)[C@H]2C(=O)N(CC)C(=O)[C@@H]21. The molecule has 27 heavy (non-hydrogen) atoms. The fourth-order valence-corrected chi connectivity index (χ4v) is 4.39. The first-order valence-electron chi connectivity index (χ1n) is 9.39. The standard InChI is InChI=1S/C20H26N2O5/c1-5-20(19(25)27-7-3)15-14(17(23)22(6-2)18(15)24)16(21-20)12-8-10-13(26-4)11-9-12/h8-11,14-16,21H,5-7H2,1-4H3/t14-,15+,16+,20+/m0/s1. The zero-order chi connectivity index (χ0) is 19.8. The van der Waals surface area contributed by atoms with Crippen molar-refractivity contribution >= 4 is 17.8 Å². The van der Waals surface area contributed by atoms with E-state index in [-0.39, 0.29) is 18.4 Å². The first-order chi connectivity index (χ1) is 12.9. The van der Waals surface area contributed by atoms with Crippen LogP contribution in [0.2, 0.25) is 0 Å². The first-order valence-corrected chi connectivity index (χ1v) is 9.39. The van der Waals surface area contributed by atoms with Crippen LogP contribution in [0.3, 0.4) is 0 Å². The molecule has 0 aliphatic carbocycles. The Labute approximate surface area is 159 Å². The molecule has 1 N–H and O–H groups in total. The lowest BCUT2D eigenvalue weighted by atomic mass is 9.78. The fourth-order valence-electron chi connectivity index (χ4n) is 4.39. The van der Waals surface area contributed by atoms with Gasteiger partial charge in [-0.05, 0) is 38.0 Å². The highest BCUT2D eigenvalue weighted by Gasteiger charge is 2.67. The molecule has 0 unspecified atom stereocenters. The van der Waals surface area contributed by atoms with E-state index in [0.29, 0.717) is 18.7 Å². The molecule has 0 radical (unpaired) electrons. The van der Waals surface area contributed by atoms with Crippen molar-refractivity contribution in [2.24, 2.45) is 11.8 Å². The van der Waals surface area contributed by atoms with Crippen molar-refractivity contribution in [3.05, 3.63) is 29.8 Å². The minimum absolute atomic E-state index is 0.215. The molecule has 2 heterocycles. The van der Waals surface area contributed by atoms with Crippen LogP contribution in [0.1, 0.15) is 38.8 Å². The highest BCUT2D eigenvalue weighted by atomic mass is 16.5. The number of carbonyl (C=O) groups is 3. The Kier molecular flexibility index (Phi) is 5.24. The second-order valence-corrected chi connectivity index (χ2v) is 6.86. The maximum atomic E-state index is 13.0. The summed E-state index contributed by atoms with van der Waals surface area (Å²) in [6.07, 6.45) is 0.357. The van der Waals surface area contributed by atoms with Gasteiger partial charge in [0.2, 0.25) is 11.8 Å². The van der Waals surface area contributed by atoms with E-state index in [9.17, 15) is 14.4 Å². The summed E-state index contributed by atoms with van der Waals surface area (Å²) in [5.74, 6) is -1.70. The molecule has 0 aromatic heterocycles. The van der Waals surface area contributed by atoms with Gasteiger partial charge in [0.1, 0.15) is 11.3 Å². The number of benzene rings is 1. The van der Waals surface area contributed by atoms with Gasteiger partial charge in [0.05, 0.1) is 25.6 Å². The van der Waals surface area contributed by atoms with Crippen molar-refractivity contribution in [2.45, 2.75) is 38.8 Å². The molecule has 0 spiro atoms. The zero-order valence-electron chi connectivity index (χ0n) is 16.2. The Hall–Kier alpha value is -2.41. The van der Waals surface area contributed by atoms with Gasteiger partial charge < -0.3 is 9.47 Å². The summed E-state index contributed by atoms with van der Waals surface area (Å²) in [5, 5.41) is 3.32. The molecule has 7 heteroatoms. The van der Waals surface area contributed by atoms with Gasteiger partial charge in [0.15, 0.2) is 0 Å². The van der Waals surface area contributed by atoms with Gasteiger partial charge >= 0.3 is 5.97 Å². The summed E-state index contributed by atoms with van der Waals surface area (Å²) in [4.78, 5) is 40.2. The van der Waals surface area contributed by atoms with Crippen molar-refractivity contribution in [3.63, 3.8) is 0 Å². The number of likely N-dealkylation sites (tertiary alicyclic amines) is 1. The van der Waals surface area contributed by atoms with Gasteiger partial charge in [-0.1, -0.05) is 19.1 Å². The summed E-state index contributed by atoms with van der Waals surface area (Å²) in [6.45, 7) is 5.85. The van der Waals surface area contributed by atoms with E-state index < -0.39 is 29.4 Å². The summed E-state index contributed by atoms with van der Waals surface area (Å²) < 4.78 is 10.5. The fraction of sp³-hybridized carbons (Fsp3) is 0.550. The van der Waals surface area contributed by atoms with Crippen LogP contribution in [-0.4, -0.2) is 48.5 Å². The number of rotatable bonds is 6. The number of imide groups is 1. The molecule has 7 nitrogen and oxygen atoms in total. The number of carbonyl (C=O) groups excluding carboxylic acids is 3. The van der Waals surface area contributed by atoms with Gasteiger partial charge in [-0.25, -0.2) is 0 Å². The van der Waals surface area contributed by atoms with E-state index >= 15 is 0 Å². The number of nitrogens with one attached hydrogen (secondary N) is 1. The van der Waals surface area contributed by atoms with Crippen LogP contribution in [0.15, 0.2) is 24.3 Å². The topological polar surface area (TPSA) is 84.9 Å². The third-order valence-corrected chi connectivity index (χ3v) is 5.73. The predicted octanol–water partition coefficient (Wildman–Crippen LogP) is 1.67. The number of methoxy groups -OCH3 is 1. The normalized spacial score (nSPS) is 29.8. The smallest absolute Gasteiger partial charge is 0.327 e. The second-order valence-electron chi connectivity index (χ2n) is 6.86. The Morgan fingerprint density at radius 1 is 1.15 bits per heavy atom. The summed E-state index contributed by atoms with van der Waals surface area (Å²) in [5.41, 5.74) is -0.369. The Balaban J connectivity index is 2.09. The van der Waals surface area contributed by atoms with E-state index in [0.717, 1.165) is 5.56 Å². The monoisotopic (exact) mass is 374 g/mol. The van der Waals surface area contributed by atoms with Crippen molar-refractivity contribution in [2.75, 3.05) is 20.3 Å².